The summed E-state index contributed by atoms with van der Waals surface area (Å²) in [6.45, 7) is 6.53. The molecule has 0 spiro atoms. The number of thioether (sulfide) groups is 1. The van der Waals surface area contributed by atoms with Crippen molar-refractivity contribution in [1.82, 2.24) is 15.1 Å². The van der Waals surface area contributed by atoms with Gasteiger partial charge in [0.25, 0.3) is 0 Å². The van der Waals surface area contributed by atoms with Gasteiger partial charge in [-0.15, -0.1) is 11.8 Å². The summed E-state index contributed by atoms with van der Waals surface area (Å²) in [5.41, 5.74) is 2.07. The van der Waals surface area contributed by atoms with Gasteiger partial charge in [0.2, 0.25) is 11.8 Å². The molecule has 0 radical (unpaired) electrons. The Balaban J connectivity index is 1.97. The number of hydrogen-bond donors (Lipinski definition) is 1. The maximum Gasteiger partial charge on any atom is 0.240 e. The van der Waals surface area contributed by atoms with Gasteiger partial charge < -0.3 is 10.1 Å². The number of rotatable bonds is 7. The average Bonchev–Trinajstić information content (AvgIpc) is 3.19. The topological polar surface area (TPSA) is 76.5 Å². The fourth-order valence-electron chi connectivity index (χ4n) is 4.29. The molecule has 3 aromatic rings. The summed E-state index contributed by atoms with van der Waals surface area (Å²) in [7, 11) is 1.55. The van der Waals surface area contributed by atoms with Crippen molar-refractivity contribution in [2.24, 2.45) is 0 Å². The van der Waals surface area contributed by atoms with E-state index in [0.29, 0.717) is 46.5 Å². The highest BCUT2D eigenvalue weighted by Crippen LogP contribution is 2.48. The van der Waals surface area contributed by atoms with Crippen molar-refractivity contribution in [2.45, 2.75) is 31.4 Å². The molecular weight excluding hydrogens is 515 g/mol. The summed E-state index contributed by atoms with van der Waals surface area (Å²) in [6, 6.07) is 13.7. The normalized spacial score (nSPS) is 15.9. The van der Waals surface area contributed by atoms with E-state index in [1.807, 2.05) is 26.8 Å². The minimum atomic E-state index is -0.510. The van der Waals surface area contributed by atoms with Gasteiger partial charge in [0.1, 0.15) is 18.2 Å². The number of methoxy groups -OCH3 is 1. The Hall–Kier alpha value is -2.88. The molecule has 1 aliphatic rings. The van der Waals surface area contributed by atoms with Crippen LogP contribution in [-0.4, -0.2) is 54.2 Å². The lowest BCUT2D eigenvalue weighted by atomic mass is 9.87. The first-order valence-corrected chi connectivity index (χ1v) is 13.4. The molecule has 1 aromatic heterocycles. The van der Waals surface area contributed by atoms with Gasteiger partial charge >= 0.3 is 0 Å². The second-order valence-corrected chi connectivity index (χ2v) is 11.3. The van der Waals surface area contributed by atoms with Gasteiger partial charge in [0, 0.05) is 35.2 Å². The average molecular weight is 545 g/mol. The molecule has 0 bridgehead atoms. The Kier molecular flexibility index (Phi) is 8.26. The lowest BCUT2D eigenvalue weighted by molar-refractivity contribution is -0.123. The van der Waals surface area contributed by atoms with Crippen LogP contribution >= 0.6 is 23.4 Å². The van der Waals surface area contributed by atoms with E-state index in [9.17, 15) is 9.59 Å². The highest BCUT2D eigenvalue weighted by atomic mass is 35.5. The lowest BCUT2D eigenvalue weighted by Gasteiger charge is -2.24. The van der Waals surface area contributed by atoms with Crippen LogP contribution in [0.15, 0.2) is 48.5 Å². The molecule has 1 atom stereocenters. The minimum Gasteiger partial charge on any atom is -0.383 e. The number of anilines is 1. The van der Waals surface area contributed by atoms with E-state index in [2.05, 4.69) is 5.32 Å². The molecule has 1 aliphatic heterocycles. The Labute approximate surface area is 225 Å². The SMILES string of the molecule is COCCNC(=O)CN1C(=O)CSC(c2ccccc2F)c2c(C(C)(C)C)nn(-c3cccc(Cl)c3)c21. The summed E-state index contributed by atoms with van der Waals surface area (Å²) in [5.74, 6) is -0.452. The quantitative estimate of drug-likeness (QED) is 0.428. The molecule has 4 rings (SSSR count). The van der Waals surface area contributed by atoms with E-state index in [4.69, 9.17) is 21.4 Å². The molecule has 0 aliphatic carbocycles. The van der Waals surface area contributed by atoms with Gasteiger partial charge in [0.05, 0.1) is 29.0 Å². The molecule has 196 valence electrons. The number of nitrogens with one attached hydrogen (secondary N) is 1. The number of nitrogens with zero attached hydrogens (tertiary/aromatic N) is 3. The summed E-state index contributed by atoms with van der Waals surface area (Å²) in [6.07, 6.45) is 0. The maximum atomic E-state index is 15.2. The monoisotopic (exact) mass is 544 g/mol. The second kappa shape index (κ2) is 11.2. The van der Waals surface area contributed by atoms with Crippen LogP contribution in [-0.2, 0) is 19.7 Å². The van der Waals surface area contributed by atoms with E-state index < -0.39 is 10.7 Å². The number of halogens is 2. The first-order valence-electron chi connectivity index (χ1n) is 11.9. The van der Waals surface area contributed by atoms with E-state index >= 15 is 4.39 Å². The highest BCUT2D eigenvalue weighted by molar-refractivity contribution is 8.00. The van der Waals surface area contributed by atoms with Crippen LogP contribution in [0.3, 0.4) is 0 Å². The molecule has 7 nitrogen and oxygen atoms in total. The van der Waals surface area contributed by atoms with Crippen molar-refractivity contribution in [2.75, 3.05) is 37.5 Å². The van der Waals surface area contributed by atoms with Crippen molar-refractivity contribution in [3.8, 4) is 5.69 Å². The molecule has 0 saturated carbocycles. The number of carbonyl (C=O) groups excluding carboxylic acids is 2. The number of fused-ring (bicyclic) bond motifs is 1. The van der Waals surface area contributed by atoms with Crippen LogP contribution in [0.25, 0.3) is 5.69 Å². The van der Waals surface area contributed by atoms with E-state index in [1.165, 1.54) is 22.7 Å². The van der Waals surface area contributed by atoms with Gasteiger partial charge in [-0.2, -0.15) is 5.10 Å². The number of amides is 2. The van der Waals surface area contributed by atoms with Crippen molar-refractivity contribution >= 4 is 41.0 Å². The fraction of sp³-hybridized carbons (Fsp3) is 0.370. The van der Waals surface area contributed by atoms with E-state index in [0.717, 1.165) is 0 Å². The summed E-state index contributed by atoms with van der Waals surface area (Å²) in [5, 5.41) is 7.74. The molecule has 37 heavy (non-hydrogen) atoms. The highest BCUT2D eigenvalue weighted by Gasteiger charge is 2.40. The van der Waals surface area contributed by atoms with Gasteiger partial charge in [0.15, 0.2) is 0 Å². The van der Waals surface area contributed by atoms with Crippen LogP contribution in [0, 0.1) is 5.82 Å². The number of hydrogen-bond acceptors (Lipinski definition) is 5. The summed E-state index contributed by atoms with van der Waals surface area (Å²) < 4.78 is 21.8. The molecule has 2 heterocycles. The molecule has 2 aromatic carbocycles. The van der Waals surface area contributed by atoms with Crippen molar-refractivity contribution in [3.63, 3.8) is 0 Å². The zero-order chi connectivity index (χ0) is 26.7. The number of ether oxygens (including phenoxy) is 1. The number of carbonyl (C=O) groups is 2. The third kappa shape index (κ3) is 5.84. The molecule has 0 fully saturated rings. The van der Waals surface area contributed by atoms with Crippen LogP contribution < -0.4 is 10.2 Å². The number of aromatic nitrogens is 2. The minimum absolute atomic E-state index is 0.0676. The van der Waals surface area contributed by atoms with Gasteiger partial charge in [-0.05, 0) is 24.3 Å². The Bertz CT molecular complexity index is 1310. The third-order valence-corrected chi connectivity index (χ3v) is 7.44. The summed E-state index contributed by atoms with van der Waals surface area (Å²) >= 11 is 7.66. The molecule has 1 N–H and O–H groups in total. The zero-order valence-corrected chi connectivity index (χ0v) is 22.8. The largest absolute Gasteiger partial charge is 0.383 e. The van der Waals surface area contributed by atoms with Crippen molar-refractivity contribution in [1.29, 1.82) is 0 Å². The first kappa shape index (κ1) is 27.2. The zero-order valence-electron chi connectivity index (χ0n) is 21.3. The molecular formula is C27H30ClFN4O3S. The van der Waals surface area contributed by atoms with Gasteiger partial charge in [-0.1, -0.05) is 56.6 Å². The molecule has 0 saturated heterocycles. The Morgan fingerprint density at radius 2 is 2.00 bits per heavy atom. The predicted molar refractivity (Wildman–Crippen MR) is 145 cm³/mol. The van der Waals surface area contributed by atoms with Gasteiger partial charge in [-0.25, -0.2) is 9.07 Å². The molecule has 10 heteroatoms. The maximum absolute atomic E-state index is 15.2. The third-order valence-electron chi connectivity index (χ3n) is 5.97. The van der Waals surface area contributed by atoms with Crippen LogP contribution in [0.4, 0.5) is 10.2 Å². The number of benzene rings is 2. The smallest absolute Gasteiger partial charge is 0.240 e. The van der Waals surface area contributed by atoms with Crippen LogP contribution in [0.2, 0.25) is 5.02 Å². The van der Waals surface area contributed by atoms with Crippen molar-refractivity contribution < 1.29 is 18.7 Å². The second-order valence-electron chi connectivity index (χ2n) is 9.76. The van der Waals surface area contributed by atoms with Crippen LogP contribution in [0.1, 0.15) is 42.8 Å². The van der Waals surface area contributed by atoms with Crippen LogP contribution in [0.5, 0.6) is 0 Å². The Morgan fingerprint density at radius 1 is 1.24 bits per heavy atom. The fourth-order valence-corrected chi connectivity index (χ4v) is 5.69. The lowest BCUT2D eigenvalue weighted by Crippen LogP contribution is -2.43. The first-order chi connectivity index (χ1) is 17.6. The van der Waals surface area contributed by atoms with Crippen molar-refractivity contribution in [3.05, 3.63) is 76.2 Å². The molecule has 1 unspecified atom stereocenters. The summed E-state index contributed by atoms with van der Waals surface area (Å²) in [4.78, 5) is 27.9. The standard InChI is InChI=1S/C27H30ClFN4O3S/c1-27(2,3)25-23-24(19-10-5-6-11-20(19)29)37-16-22(35)32(15-21(34)30-12-13-36-4)26(23)33(31-25)18-9-7-8-17(28)14-18/h5-11,14,24H,12-13,15-16H2,1-4H3,(H,30,34). The predicted octanol–water partition coefficient (Wildman–Crippen LogP) is 4.89. The molecule has 2 amide bonds. The van der Waals surface area contributed by atoms with E-state index in [-0.39, 0.29) is 29.9 Å². The van der Waals surface area contributed by atoms with E-state index in [1.54, 1.807) is 48.2 Å². The Morgan fingerprint density at radius 3 is 2.68 bits per heavy atom. The van der Waals surface area contributed by atoms with Gasteiger partial charge in [-0.3, -0.25) is 14.5 Å².